The van der Waals surface area contributed by atoms with Gasteiger partial charge in [-0.3, -0.25) is 19.7 Å². The first-order valence-corrected chi connectivity index (χ1v) is 8.12. The molecule has 1 aromatic carbocycles. The summed E-state index contributed by atoms with van der Waals surface area (Å²) in [5, 5.41) is 20.1. The average Bonchev–Trinajstić information content (AvgIpc) is 2.59. The van der Waals surface area contributed by atoms with Gasteiger partial charge < -0.3 is 14.9 Å². The Balaban J connectivity index is 2.17. The zero-order chi connectivity index (χ0) is 19.6. The van der Waals surface area contributed by atoms with E-state index in [4.69, 9.17) is 5.11 Å². The van der Waals surface area contributed by atoms with Crippen molar-refractivity contribution in [1.29, 1.82) is 0 Å². The first kappa shape index (κ1) is 19.4. The van der Waals surface area contributed by atoms with Gasteiger partial charge in [-0.25, -0.2) is 4.79 Å². The van der Waals surface area contributed by atoms with Gasteiger partial charge in [-0.05, 0) is 6.07 Å². The predicted molar refractivity (Wildman–Crippen MR) is 92.0 cm³/mol. The lowest BCUT2D eigenvalue weighted by Crippen LogP contribution is -2.53. The van der Waals surface area contributed by atoms with E-state index >= 15 is 0 Å². The summed E-state index contributed by atoms with van der Waals surface area (Å²) < 4.78 is 0. The summed E-state index contributed by atoms with van der Waals surface area (Å²) >= 11 is 0. The van der Waals surface area contributed by atoms with Crippen molar-refractivity contribution in [3.63, 3.8) is 0 Å². The van der Waals surface area contributed by atoms with E-state index < -0.39 is 27.9 Å². The second kappa shape index (κ2) is 7.11. The van der Waals surface area contributed by atoms with Crippen LogP contribution < -0.4 is 0 Å². The quantitative estimate of drug-likeness (QED) is 0.643. The van der Waals surface area contributed by atoms with Crippen LogP contribution in [0.1, 0.15) is 41.5 Å². The fraction of sp³-hybridized carbons (Fsp3) is 0.471. The minimum Gasteiger partial charge on any atom is -0.478 e. The number of nitrogens with zero attached hydrogens (tertiary/aromatic N) is 3. The molecule has 1 fully saturated rings. The van der Waals surface area contributed by atoms with Crippen molar-refractivity contribution in [2.45, 2.75) is 20.8 Å². The van der Waals surface area contributed by atoms with Gasteiger partial charge in [0.15, 0.2) is 0 Å². The van der Waals surface area contributed by atoms with Gasteiger partial charge in [0.25, 0.3) is 11.6 Å². The standard InChI is InChI=1S/C17H21N3O6/c1-17(2,3)16(24)19-6-4-18(5-7-19)14(21)11-8-12(15(22)23)10-13(9-11)20(25)26/h8-10H,4-7H2,1-3H3,(H,22,23). The lowest BCUT2D eigenvalue weighted by molar-refractivity contribution is -0.384. The summed E-state index contributed by atoms with van der Waals surface area (Å²) in [7, 11) is 0. The molecule has 26 heavy (non-hydrogen) atoms. The maximum atomic E-state index is 12.6. The molecule has 1 saturated heterocycles. The van der Waals surface area contributed by atoms with Crippen LogP contribution in [0, 0.1) is 15.5 Å². The van der Waals surface area contributed by atoms with Crippen molar-refractivity contribution in [3.8, 4) is 0 Å². The van der Waals surface area contributed by atoms with Crippen LogP contribution in [0.4, 0.5) is 5.69 Å². The van der Waals surface area contributed by atoms with Gasteiger partial charge in [0.1, 0.15) is 0 Å². The van der Waals surface area contributed by atoms with E-state index in [1.165, 1.54) is 4.90 Å². The second-order valence-electron chi connectivity index (χ2n) is 7.17. The normalized spacial score (nSPS) is 14.9. The van der Waals surface area contributed by atoms with Crippen LogP contribution in [0.2, 0.25) is 0 Å². The second-order valence-corrected chi connectivity index (χ2v) is 7.17. The zero-order valence-corrected chi connectivity index (χ0v) is 14.9. The monoisotopic (exact) mass is 363 g/mol. The van der Waals surface area contributed by atoms with Crippen molar-refractivity contribution < 1.29 is 24.4 Å². The minimum atomic E-state index is -1.34. The zero-order valence-electron chi connectivity index (χ0n) is 14.9. The van der Waals surface area contributed by atoms with Gasteiger partial charge in [-0.2, -0.15) is 0 Å². The fourth-order valence-corrected chi connectivity index (χ4v) is 2.73. The number of amides is 2. The number of carbonyl (C=O) groups excluding carboxylic acids is 2. The van der Waals surface area contributed by atoms with Crippen LogP contribution in [-0.4, -0.2) is 63.8 Å². The van der Waals surface area contributed by atoms with Crippen molar-refractivity contribution in [2.75, 3.05) is 26.2 Å². The maximum absolute atomic E-state index is 12.6. The summed E-state index contributed by atoms with van der Waals surface area (Å²) in [6, 6.07) is 3.12. The summed E-state index contributed by atoms with van der Waals surface area (Å²) in [4.78, 5) is 49.5. The molecule has 0 bridgehead atoms. The molecule has 1 aromatic rings. The number of benzene rings is 1. The first-order valence-electron chi connectivity index (χ1n) is 8.12. The molecule has 1 heterocycles. The van der Waals surface area contributed by atoms with E-state index in [1.54, 1.807) is 4.90 Å². The highest BCUT2D eigenvalue weighted by atomic mass is 16.6. The highest BCUT2D eigenvalue weighted by molar-refractivity contribution is 5.98. The molecule has 2 rings (SSSR count). The molecule has 0 saturated carbocycles. The Morgan fingerprint density at radius 2 is 1.50 bits per heavy atom. The number of nitro groups is 1. The Labute approximate surface area is 150 Å². The molecular weight excluding hydrogens is 342 g/mol. The molecule has 0 aromatic heterocycles. The van der Waals surface area contributed by atoms with Crippen molar-refractivity contribution in [3.05, 3.63) is 39.4 Å². The number of non-ortho nitro benzene ring substituents is 1. The number of carboxylic acids is 1. The summed E-state index contributed by atoms with van der Waals surface area (Å²) in [6.07, 6.45) is 0. The molecule has 140 valence electrons. The maximum Gasteiger partial charge on any atom is 0.335 e. The van der Waals surface area contributed by atoms with Gasteiger partial charge in [-0.15, -0.1) is 0 Å². The van der Waals surface area contributed by atoms with Crippen LogP contribution in [0.5, 0.6) is 0 Å². The molecule has 0 unspecified atom stereocenters. The van der Waals surface area contributed by atoms with Gasteiger partial charge in [0.2, 0.25) is 5.91 Å². The number of piperazine rings is 1. The topological polar surface area (TPSA) is 121 Å². The van der Waals surface area contributed by atoms with Crippen LogP contribution in [0.25, 0.3) is 0 Å². The summed E-state index contributed by atoms with van der Waals surface area (Å²) in [6.45, 7) is 6.76. The predicted octanol–water partition coefficient (Wildman–Crippen LogP) is 1.62. The number of carboxylic acid groups (broad SMARTS) is 1. The molecule has 0 radical (unpaired) electrons. The van der Waals surface area contributed by atoms with E-state index in [0.717, 1.165) is 18.2 Å². The van der Waals surface area contributed by atoms with Crippen molar-refractivity contribution >= 4 is 23.5 Å². The molecule has 1 aliphatic rings. The lowest BCUT2D eigenvalue weighted by atomic mass is 9.94. The van der Waals surface area contributed by atoms with Gasteiger partial charge >= 0.3 is 5.97 Å². The third-order valence-electron chi connectivity index (χ3n) is 4.12. The van der Waals surface area contributed by atoms with Gasteiger partial charge in [0.05, 0.1) is 10.5 Å². The van der Waals surface area contributed by atoms with E-state index in [0.29, 0.717) is 13.1 Å². The molecule has 2 amide bonds. The molecule has 0 spiro atoms. The average molecular weight is 363 g/mol. The van der Waals surface area contributed by atoms with Gasteiger partial charge in [0, 0.05) is 49.3 Å². The van der Waals surface area contributed by atoms with Crippen LogP contribution >= 0.6 is 0 Å². The van der Waals surface area contributed by atoms with Crippen molar-refractivity contribution in [2.24, 2.45) is 5.41 Å². The summed E-state index contributed by atoms with van der Waals surface area (Å²) in [5.74, 6) is -1.84. The first-order chi connectivity index (χ1) is 12.0. The summed E-state index contributed by atoms with van der Waals surface area (Å²) in [5.41, 5.74) is -1.33. The molecular formula is C17H21N3O6. The van der Waals surface area contributed by atoms with E-state index in [2.05, 4.69) is 0 Å². The Hall–Kier alpha value is -2.97. The van der Waals surface area contributed by atoms with Crippen LogP contribution in [0.15, 0.2) is 18.2 Å². The largest absolute Gasteiger partial charge is 0.478 e. The number of aromatic carboxylic acids is 1. The van der Waals surface area contributed by atoms with Crippen molar-refractivity contribution in [1.82, 2.24) is 9.80 Å². The van der Waals surface area contributed by atoms with Gasteiger partial charge in [-0.1, -0.05) is 20.8 Å². The third-order valence-corrected chi connectivity index (χ3v) is 4.12. The van der Waals surface area contributed by atoms with Crippen LogP contribution in [-0.2, 0) is 4.79 Å². The number of rotatable bonds is 3. The molecule has 1 N–H and O–H groups in total. The van der Waals surface area contributed by atoms with E-state index in [9.17, 15) is 24.5 Å². The fourth-order valence-electron chi connectivity index (χ4n) is 2.73. The number of nitro benzene ring substituents is 1. The van der Waals surface area contributed by atoms with E-state index in [1.807, 2.05) is 20.8 Å². The molecule has 1 aliphatic heterocycles. The Bertz CT molecular complexity index is 728. The highest BCUT2D eigenvalue weighted by Crippen LogP contribution is 2.21. The molecule has 0 aliphatic carbocycles. The number of hydrogen-bond acceptors (Lipinski definition) is 5. The third kappa shape index (κ3) is 4.16. The Kier molecular flexibility index (Phi) is 5.29. The minimum absolute atomic E-state index is 0.00638. The van der Waals surface area contributed by atoms with E-state index in [-0.39, 0.29) is 30.1 Å². The number of hydrogen-bond donors (Lipinski definition) is 1. The molecule has 9 nitrogen and oxygen atoms in total. The Morgan fingerprint density at radius 3 is 1.96 bits per heavy atom. The number of carbonyl (C=O) groups is 3. The lowest BCUT2D eigenvalue weighted by Gasteiger charge is -2.37. The SMILES string of the molecule is CC(C)(C)C(=O)N1CCN(C(=O)c2cc(C(=O)O)cc([N+](=O)[O-])c2)CC1. The Morgan fingerprint density at radius 1 is 1.00 bits per heavy atom. The molecule has 0 atom stereocenters. The van der Waals surface area contributed by atoms with Crippen LogP contribution in [0.3, 0.4) is 0 Å². The smallest absolute Gasteiger partial charge is 0.335 e. The highest BCUT2D eigenvalue weighted by Gasteiger charge is 2.31. The molecule has 9 heteroatoms.